The highest BCUT2D eigenvalue weighted by molar-refractivity contribution is 5.73. The Morgan fingerprint density at radius 3 is 2.00 bits per heavy atom. The SMILES string of the molecule is CC(CC(C)(C)C(=O)O)C(O)C(C)(C)CO. The topological polar surface area (TPSA) is 77.8 Å². The van der Waals surface area contributed by atoms with E-state index >= 15 is 0 Å². The first-order chi connectivity index (χ1) is 7.04. The molecule has 0 rings (SSSR count). The molecule has 0 fully saturated rings. The van der Waals surface area contributed by atoms with Crippen LogP contribution in [0.25, 0.3) is 0 Å². The van der Waals surface area contributed by atoms with Crippen molar-refractivity contribution in [1.82, 2.24) is 0 Å². The van der Waals surface area contributed by atoms with Crippen LogP contribution < -0.4 is 0 Å². The molecule has 0 spiro atoms. The van der Waals surface area contributed by atoms with E-state index in [1.165, 1.54) is 0 Å². The molecule has 3 N–H and O–H groups in total. The fraction of sp³-hybridized carbons (Fsp3) is 0.917. The van der Waals surface area contributed by atoms with Crippen LogP contribution in [-0.2, 0) is 4.79 Å². The summed E-state index contributed by atoms with van der Waals surface area (Å²) in [5, 5.41) is 28.2. The van der Waals surface area contributed by atoms with Gasteiger partial charge in [-0.15, -0.1) is 0 Å². The van der Waals surface area contributed by atoms with Crippen LogP contribution in [0, 0.1) is 16.7 Å². The van der Waals surface area contributed by atoms with E-state index in [-0.39, 0.29) is 12.5 Å². The molecule has 0 amide bonds. The van der Waals surface area contributed by atoms with Crippen molar-refractivity contribution in [3.8, 4) is 0 Å². The van der Waals surface area contributed by atoms with Gasteiger partial charge in [-0.25, -0.2) is 0 Å². The van der Waals surface area contributed by atoms with Crippen molar-refractivity contribution in [2.45, 2.75) is 47.1 Å². The fourth-order valence-corrected chi connectivity index (χ4v) is 1.87. The third-order valence-electron chi connectivity index (χ3n) is 3.16. The van der Waals surface area contributed by atoms with E-state index in [9.17, 15) is 9.90 Å². The molecular formula is C12H24O4. The number of aliphatic carboxylic acids is 1. The predicted octanol–water partition coefficient (Wildman–Crippen LogP) is 1.50. The molecule has 0 aliphatic rings. The van der Waals surface area contributed by atoms with E-state index in [0.29, 0.717) is 6.42 Å². The van der Waals surface area contributed by atoms with E-state index in [1.54, 1.807) is 27.7 Å². The van der Waals surface area contributed by atoms with Gasteiger partial charge in [-0.3, -0.25) is 4.79 Å². The first kappa shape index (κ1) is 15.4. The normalized spacial score (nSPS) is 16.9. The largest absolute Gasteiger partial charge is 0.481 e. The third-order valence-corrected chi connectivity index (χ3v) is 3.16. The monoisotopic (exact) mass is 232 g/mol. The van der Waals surface area contributed by atoms with Crippen LogP contribution in [0.3, 0.4) is 0 Å². The Morgan fingerprint density at radius 1 is 1.25 bits per heavy atom. The third kappa shape index (κ3) is 3.76. The molecule has 0 radical (unpaired) electrons. The second kappa shape index (κ2) is 5.15. The predicted molar refractivity (Wildman–Crippen MR) is 62.1 cm³/mol. The zero-order chi connectivity index (χ0) is 13.1. The lowest BCUT2D eigenvalue weighted by Crippen LogP contribution is -2.40. The molecule has 4 nitrogen and oxygen atoms in total. The van der Waals surface area contributed by atoms with Crippen LogP contribution in [-0.4, -0.2) is 34.0 Å². The highest BCUT2D eigenvalue weighted by atomic mass is 16.4. The molecule has 0 heterocycles. The Hall–Kier alpha value is -0.610. The van der Waals surface area contributed by atoms with Gasteiger partial charge < -0.3 is 15.3 Å². The maximum Gasteiger partial charge on any atom is 0.309 e. The fourth-order valence-electron chi connectivity index (χ4n) is 1.87. The number of hydrogen-bond donors (Lipinski definition) is 3. The zero-order valence-electron chi connectivity index (χ0n) is 10.8. The summed E-state index contributed by atoms with van der Waals surface area (Å²) in [4.78, 5) is 11.0. The quantitative estimate of drug-likeness (QED) is 0.648. The van der Waals surface area contributed by atoms with Gasteiger partial charge in [0.05, 0.1) is 18.1 Å². The van der Waals surface area contributed by atoms with E-state index in [0.717, 1.165) is 0 Å². The first-order valence-electron chi connectivity index (χ1n) is 5.57. The Bertz CT molecular complexity index is 245. The van der Waals surface area contributed by atoms with Crippen molar-refractivity contribution in [3.63, 3.8) is 0 Å². The van der Waals surface area contributed by atoms with Crippen LogP contribution >= 0.6 is 0 Å². The van der Waals surface area contributed by atoms with Crippen LogP contribution in [0.2, 0.25) is 0 Å². The Balaban J connectivity index is 4.59. The summed E-state index contributed by atoms with van der Waals surface area (Å²) in [6, 6.07) is 0. The van der Waals surface area contributed by atoms with Crippen molar-refractivity contribution in [1.29, 1.82) is 0 Å². The summed E-state index contributed by atoms with van der Waals surface area (Å²) < 4.78 is 0. The Labute approximate surface area is 97.3 Å². The van der Waals surface area contributed by atoms with E-state index in [2.05, 4.69) is 0 Å². The average molecular weight is 232 g/mol. The molecule has 0 aliphatic carbocycles. The van der Waals surface area contributed by atoms with Crippen molar-refractivity contribution < 1.29 is 20.1 Å². The van der Waals surface area contributed by atoms with Gasteiger partial charge in [-0.2, -0.15) is 0 Å². The number of hydrogen-bond acceptors (Lipinski definition) is 3. The van der Waals surface area contributed by atoms with Crippen molar-refractivity contribution >= 4 is 5.97 Å². The molecule has 0 saturated carbocycles. The van der Waals surface area contributed by atoms with Gasteiger partial charge in [-0.05, 0) is 26.2 Å². The minimum atomic E-state index is -0.867. The van der Waals surface area contributed by atoms with Gasteiger partial charge in [0, 0.05) is 5.41 Å². The smallest absolute Gasteiger partial charge is 0.309 e. The zero-order valence-corrected chi connectivity index (χ0v) is 10.8. The molecule has 0 bridgehead atoms. The van der Waals surface area contributed by atoms with Gasteiger partial charge in [0.25, 0.3) is 0 Å². The van der Waals surface area contributed by atoms with Crippen molar-refractivity contribution in [3.05, 3.63) is 0 Å². The summed E-state index contributed by atoms with van der Waals surface area (Å²) in [6.45, 7) is 8.51. The second-order valence-electron chi connectivity index (χ2n) is 5.96. The number of carboxylic acids is 1. The molecule has 0 aromatic rings. The molecule has 0 aromatic heterocycles. The summed E-state index contributed by atoms with van der Waals surface area (Å²) in [6.07, 6.45) is -0.330. The number of rotatable bonds is 6. The molecular weight excluding hydrogens is 208 g/mol. The van der Waals surface area contributed by atoms with Gasteiger partial charge in [0.15, 0.2) is 0 Å². The first-order valence-corrected chi connectivity index (χ1v) is 5.57. The molecule has 0 saturated heterocycles. The average Bonchev–Trinajstić information content (AvgIpc) is 2.15. The molecule has 96 valence electrons. The lowest BCUT2D eigenvalue weighted by Gasteiger charge is -2.35. The molecule has 4 heteroatoms. The van der Waals surface area contributed by atoms with Crippen LogP contribution in [0.1, 0.15) is 41.0 Å². The minimum Gasteiger partial charge on any atom is -0.481 e. The summed E-state index contributed by atoms with van der Waals surface area (Å²) in [5.41, 5.74) is -1.46. The number of carboxylic acid groups (broad SMARTS) is 1. The number of aliphatic hydroxyl groups is 2. The van der Waals surface area contributed by atoms with E-state index < -0.39 is 22.9 Å². The van der Waals surface area contributed by atoms with Gasteiger partial charge in [0.1, 0.15) is 0 Å². The molecule has 0 aromatic carbocycles. The Kier molecular flexibility index (Phi) is 4.95. The van der Waals surface area contributed by atoms with Crippen LogP contribution in [0.15, 0.2) is 0 Å². The van der Waals surface area contributed by atoms with Crippen LogP contribution in [0.5, 0.6) is 0 Å². The highest BCUT2D eigenvalue weighted by Gasteiger charge is 2.37. The Morgan fingerprint density at radius 2 is 1.69 bits per heavy atom. The van der Waals surface area contributed by atoms with E-state index in [1.807, 2.05) is 6.92 Å². The molecule has 16 heavy (non-hydrogen) atoms. The summed E-state index contributed by atoms with van der Waals surface area (Å²) in [5.74, 6) is -1.04. The summed E-state index contributed by atoms with van der Waals surface area (Å²) in [7, 11) is 0. The highest BCUT2D eigenvalue weighted by Crippen LogP contribution is 2.33. The van der Waals surface area contributed by atoms with Gasteiger partial charge >= 0.3 is 5.97 Å². The number of aliphatic hydroxyl groups excluding tert-OH is 2. The molecule has 2 atom stereocenters. The number of carbonyl (C=O) groups is 1. The van der Waals surface area contributed by atoms with Crippen LogP contribution in [0.4, 0.5) is 0 Å². The van der Waals surface area contributed by atoms with Crippen molar-refractivity contribution in [2.75, 3.05) is 6.61 Å². The van der Waals surface area contributed by atoms with Gasteiger partial charge in [-0.1, -0.05) is 20.8 Å². The van der Waals surface area contributed by atoms with Gasteiger partial charge in [0.2, 0.25) is 0 Å². The second-order valence-corrected chi connectivity index (χ2v) is 5.96. The lowest BCUT2D eigenvalue weighted by atomic mass is 9.74. The molecule has 2 unspecified atom stereocenters. The standard InChI is InChI=1S/C12H24O4/c1-8(6-11(2,3)10(15)16)9(14)12(4,5)7-13/h8-9,13-14H,6-7H2,1-5H3,(H,15,16). The molecule has 0 aliphatic heterocycles. The lowest BCUT2D eigenvalue weighted by molar-refractivity contribution is -0.149. The minimum absolute atomic E-state index is 0.119. The van der Waals surface area contributed by atoms with E-state index in [4.69, 9.17) is 10.2 Å². The van der Waals surface area contributed by atoms with Crippen molar-refractivity contribution in [2.24, 2.45) is 16.7 Å². The summed E-state index contributed by atoms with van der Waals surface area (Å²) >= 11 is 0. The maximum atomic E-state index is 11.0. The maximum absolute atomic E-state index is 11.0.